The Bertz CT molecular complexity index is 905. The second kappa shape index (κ2) is 7.20. The first-order chi connectivity index (χ1) is 12.5. The standard InChI is InChI=1S/C19H16N2O5/c22-10-9-21-16(23)11-15(18(21)24)20-14-8-4-7-13(19(25)26)17(14)12-5-2-1-3-6-12/h1-8,11,20,22H,9-10H2,(H,25,26). The molecule has 0 saturated heterocycles. The molecule has 132 valence electrons. The Labute approximate surface area is 149 Å². The minimum absolute atomic E-state index is 0.0307. The number of nitrogens with zero attached hydrogens (tertiary/aromatic N) is 1. The lowest BCUT2D eigenvalue weighted by molar-refractivity contribution is -0.137. The Hall–Kier alpha value is -3.45. The van der Waals surface area contributed by atoms with E-state index in [0.717, 1.165) is 11.0 Å². The molecule has 7 heteroatoms. The number of β-amino-alcohol motifs (C(OH)–C–C–N with tert-alkyl or cyclic N) is 1. The number of anilines is 1. The number of aliphatic hydroxyl groups is 1. The first kappa shape index (κ1) is 17.4. The maximum atomic E-state index is 12.3. The van der Waals surface area contributed by atoms with Gasteiger partial charge in [-0.2, -0.15) is 0 Å². The van der Waals surface area contributed by atoms with Crippen molar-refractivity contribution in [2.24, 2.45) is 0 Å². The van der Waals surface area contributed by atoms with Gasteiger partial charge in [-0.25, -0.2) is 4.79 Å². The van der Waals surface area contributed by atoms with Crippen LogP contribution in [-0.2, 0) is 9.59 Å². The summed E-state index contributed by atoms with van der Waals surface area (Å²) in [5.41, 5.74) is 1.59. The van der Waals surface area contributed by atoms with Gasteiger partial charge in [0.1, 0.15) is 5.70 Å². The Kier molecular flexibility index (Phi) is 4.81. The number of hydrogen-bond donors (Lipinski definition) is 3. The minimum Gasteiger partial charge on any atom is -0.478 e. The highest BCUT2D eigenvalue weighted by atomic mass is 16.4. The number of aliphatic hydroxyl groups excluding tert-OH is 1. The van der Waals surface area contributed by atoms with Crippen LogP contribution in [0.4, 0.5) is 5.69 Å². The molecule has 2 aromatic rings. The number of carboxylic acids is 1. The number of amides is 2. The fourth-order valence-corrected chi connectivity index (χ4v) is 2.81. The van der Waals surface area contributed by atoms with Gasteiger partial charge in [0, 0.05) is 17.3 Å². The normalized spacial score (nSPS) is 13.7. The van der Waals surface area contributed by atoms with Gasteiger partial charge in [-0.05, 0) is 17.7 Å². The van der Waals surface area contributed by atoms with Crippen molar-refractivity contribution in [3.05, 3.63) is 65.9 Å². The molecule has 3 N–H and O–H groups in total. The number of hydrogen-bond acceptors (Lipinski definition) is 5. The van der Waals surface area contributed by atoms with Gasteiger partial charge < -0.3 is 15.5 Å². The smallest absolute Gasteiger partial charge is 0.336 e. The predicted octanol–water partition coefficient (Wildman–Crippen LogP) is 1.71. The molecule has 0 bridgehead atoms. The fraction of sp³-hybridized carbons (Fsp3) is 0.105. The SMILES string of the molecule is O=C(O)c1cccc(NC2=CC(=O)N(CCO)C2=O)c1-c1ccccc1. The fourth-order valence-electron chi connectivity index (χ4n) is 2.81. The molecule has 0 aliphatic carbocycles. The zero-order valence-corrected chi connectivity index (χ0v) is 13.7. The summed E-state index contributed by atoms with van der Waals surface area (Å²) in [6.07, 6.45) is 1.14. The highest BCUT2D eigenvalue weighted by Crippen LogP contribution is 2.33. The molecular weight excluding hydrogens is 336 g/mol. The molecule has 0 spiro atoms. The van der Waals surface area contributed by atoms with E-state index < -0.39 is 17.8 Å². The average molecular weight is 352 g/mol. The molecule has 0 fully saturated rings. The van der Waals surface area contributed by atoms with Crippen molar-refractivity contribution < 1.29 is 24.6 Å². The van der Waals surface area contributed by atoms with E-state index in [1.54, 1.807) is 36.4 Å². The Morgan fingerprint density at radius 3 is 2.42 bits per heavy atom. The number of nitrogens with one attached hydrogen (secondary N) is 1. The predicted molar refractivity (Wildman–Crippen MR) is 94.3 cm³/mol. The van der Waals surface area contributed by atoms with Crippen molar-refractivity contribution in [3.8, 4) is 11.1 Å². The van der Waals surface area contributed by atoms with Crippen LogP contribution in [0.25, 0.3) is 11.1 Å². The molecular formula is C19H16N2O5. The number of imide groups is 1. The third-order valence-electron chi connectivity index (χ3n) is 3.96. The lowest BCUT2D eigenvalue weighted by atomic mass is 9.97. The molecule has 26 heavy (non-hydrogen) atoms. The Balaban J connectivity index is 2.03. The van der Waals surface area contributed by atoms with Crippen LogP contribution >= 0.6 is 0 Å². The van der Waals surface area contributed by atoms with E-state index in [4.69, 9.17) is 5.11 Å². The first-order valence-corrected chi connectivity index (χ1v) is 7.90. The number of rotatable bonds is 6. The van der Waals surface area contributed by atoms with Gasteiger partial charge in [-0.1, -0.05) is 36.4 Å². The zero-order valence-electron chi connectivity index (χ0n) is 13.7. The summed E-state index contributed by atoms with van der Waals surface area (Å²) >= 11 is 0. The van der Waals surface area contributed by atoms with Gasteiger partial charge in [0.25, 0.3) is 11.8 Å². The molecule has 0 atom stereocenters. The maximum absolute atomic E-state index is 12.3. The minimum atomic E-state index is -1.10. The van der Waals surface area contributed by atoms with Gasteiger partial charge in [-0.3, -0.25) is 14.5 Å². The van der Waals surface area contributed by atoms with Crippen LogP contribution in [0, 0.1) is 0 Å². The number of carbonyl (C=O) groups excluding carboxylic acids is 2. The first-order valence-electron chi connectivity index (χ1n) is 7.90. The van der Waals surface area contributed by atoms with Crippen LogP contribution in [0.5, 0.6) is 0 Å². The molecule has 2 amide bonds. The van der Waals surface area contributed by atoms with Crippen molar-refractivity contribution in [1.29, 1.82) is 0 Å². The lowest BCUT2D eigenvalue weighted by Crippen LogP contribution is -2.34. The van der Waals surface area contributed by atoms with E-state index in [2.05, 4.69) is 5.32 Å². The number of carboxylic acid groups (broad SMARTS) is 1. The second-order valence-corrected chi connectivity index (χ2v) is 5.60. The zero-order chi connectivity index (χ0) is 18.7. The summed E-state index contributed by atoms with van der Waals surface area (Å²) in [7, 11) is 0. The summed E-state index contributed by atoms with van der Waals surface area (Å²) in [5.74, 6) is -2.19. The molecule has 2 aromatic carbocycles. The topological polar surface area (TPSA) is 107 Å². The lowest BCUT2D eigenvalue weighted by Gasteiger charge is -2.16. The summed E-state index contributed by atoms with van der Waals surface area (Å²) in [6, 6.07) is 13.6. The molecule has 0 saturated carbocycles. The molecule has 0 aromatic heterocycles. The molecule has 1 aliphatic rings. The Morgan fingerprint density at radius 2 is 1.77 bits per heavy atom. The summed E-state index contributed by atoms with van der Waals surface area (Å²) in [6.45, 7) is -0.428. The average Bonchev–Trinajstić information content (AvgIpc) is 2.90. The van der Waals surface area contributed by atoms with Crippen LogP contribution in [0.3, 0.4) is 0 Å². The van der Waals surface area contributed by atoms with Gasteiger partial charge in [0.15, 0.2) is 0 Å². The van der Waals surface area contributed by atoms with E-state index in [9.17, 15) is 19.5 Å². The van der Waals surface area contributed by atoms with Crippen LogP contribution < -0.4 is 5.32 Å². The van der Waals surface area contributed by atoms with Gasteiger partial charge in [0.05, 0.1) is 18.7 Å². The van der Waals surface area contributed by atoms with Gasteiger partial charge in [-0.15, -0.1) is 0 Å². The number of aromatic carboxylic acids is 1. The molecule has 7 nitrogen and oxygen atoms in total. The van der Waals surface area contributed by atoms with Crippen molar-refractivity contribution in [2.45, 2.75) is 0 Å². The maximum Gasteiger partial charge on any atom is 0.336 e. The van der Waals surface area contributed by atoms with Crippen LogP contribution in [-0.4, -0.2) is 46.0 Å². The van der Waals surface area contributed by atoms with Crippen molar-refractivity contribution >= 4 is 23.5 Å². The van der Waals surface area contributed by atoms with Crippen molar-refractivity contribution in [1.82, 2.24) is 4.90 Å². The largest absolute Gasteiger partial charge is 0.478 e. The molecule has 3 rings (SSSR count). The second-order valence-electron chi connectivity index (χ2n) is 5.60. The van der Waals surface area contributed by atoms with E-state index in [-0.39, 0.29) is 24.4 Å². The van der Waals surface area contributed by atoms with Crippen LogP contribution in [0.2, 0.25) is 0 Å². The molecule has 1 heterocycles. The van der Waals surface area contributed by atoms with E-state index in [1.807, 2.05) is 6.07 Å². The van der Waals surface area contributed by atoms with Crippen molar-refractivity contribution in [2.75, 3.05) is 18.5 Å². The molecule has 0 unspecified atom stereocenters. The highest BCUT2D eigenvalue weighted by molar-refractivity contribution is 6.18. The van der Waals surface area contributed by atoms with Gasteiger partial charge >= 0.3 is 5.97 Å². The van der Waals surface area contributed by atoms with E-state index in [1.165, 1.54) is 6.07 Å². The number of benzene rings is 2. The Morgan fingerprint density at radius 1 is 1.04 bits per heavy atom. The van der Waals surface area contributed by atoms with Gasteiger partial charge in [0.2, 0.25) is 0 Å². The monoisotopic (exact) mass is 352 g/mol. The summed E-state index contributed by atoms with van der Waals surface area (Å²) in [4.78, 5) is 36.8. The van der Waals surface area contributed by atoms with Crippen LogP contribution in [0.15, 0.2) is 60.3 Å². The summed E-state index contributed by atoms with van der Waals surface area (Å²) < 4.78 is 0. The quantitative estimate of drug-likeness (QED) is 0.683. The molecule has 1 aliphatic heterocycles. The summed E-state index contributed by atoms with van der Waals surface area (Å²) in [5, 5.41) is 21.4. The third-order valence-corrected chi connectivity index (χ3v) is 3.96. The highest BCUT2D eigenvalue weighted by Gasteiger charge is 2.31. The van der Waals surface area contributed by atoms with E-state index >= 15 is 0 Å². The van der Waals surface area contributed by atoms with Crippen molar-refractivity contribution in [3.63, 3.8) is 0 Å². The van der Waals surface area contributed by atoms with E-state index in [0.29, 0.717) is 16.8 Å². The van der Waals surface area contributed by atoms with Crippen LogP contribution in [0.1, 0.15) is 10.4 Å². The molecule has 0 radical (unpaired) electrons. The number of carbonyl (C=O) groups is 3. The third kappa shape index (κ3) is 3.20.